The zero-order chi connectivity index (χ0) is 8.39. The van der Waals surface area contributed by atoms with Crippen molar-refractivity contribution >= 4 is 0 Å². The lowest BCUT2D eigenvalue weighted by Gasteiger charge is -2.35. The van der Waals surface area contributed by atoms with Gasteiger partial charge in [0.15, 0.2) is 0 Å². The molecule has 2 fully saturated rings. The highest BCUT2D eigenvalue weighted by atomic mass is 16.5. The number of nitrogens with zero attached hydrogens (tertiary/aromatic N) is 1. The number of morpholine rings is 1. The molecule has 12 heavy (non-hydrogen) atoms. The van der Waals surface area contributed by atoms with Gasteiger partial charge in [0.25, 0.3) is 0 Å². The first kappa shape index (κ1) is 8.52. The molecule has 0 bridgehead atoms. The molecule has 1 saturated heterocycles. The Labute approximate surface area is 74.9 Å². The number of hydrogen-bond donors (Lipinski definition) is 0. The van der Waals surface area contributed by atoms with Crippen molar-refractivity contribution < 1.29 is 4.74 Å². The van der Waals surface area contributed by atoms with Gasteiger partial charge < -0.3 is 4.74 Å². The molecule has 1 heterocycles. The summed E-state index contributed by atoms with van der Waals surface area (Å²) in [5.74, 6) is 0. The minimum Gasteiger partial charge on any atom is -0.376 e. The zero-order valence-electron chi connectivity index (χ0n) is 7.96. The van der Waals surface area contributed by atoms with Gasteiger partial charge in [-0.05, 0) is 19.8 Å². The lowest BCUT2D eigenvalue weighted by Crippen LogP contribution is -2.45. The van der Waals surface area contributed by atoms with Gasteiger partial charge in [-0.1, -0.05) is 12.8 Å². The Kier molecular flexibility index (Phi) is 2.66. The Morgan fingerprint density at radius 3 is 2.67 bits per heavy atom. The molecule has 0 spiro atoms. The highest BCUT2D eigenvalue weighted by Gasteiger charge is 2.26. The van der Waals surface area contributed by atoms with Gasteiger partial charge in [-0.3, -0.25) is 4.90 Å². The molecule has 1 aliphatic carbocycles. The lowest BCUT2D eigenvalue weighted by molar-refractivity contribution is -0.0329. The van der Waals surface area contributed by atoms with Gasteiger partial charge in [-0.2, -0.15) is 0 Å². The first-order chi connectivity index (χ1) is 5.86. The fourth-order valence-corrected chi connectivity index (χ4v) is 2.45. The first-order valence-electron chi connectivity index (χ1n) is 5.22. The van der Waals surface area contributed by atoms with Crippen LogP contribution < -0.4 is 0 Å². The Bertz CT molecular complexity index is 143. The van der Waals surface area contributed by atoms with Crippen molar-refractivity contribution in [3.8, 4) is 0 Å². The van der Waals surface area contributed by atoms with E-state index in [1.165, 1.54) is 25.7 Å². The van der Waals surface area contributed by atoms with Crippen LogP contribution in [0.15, 0.2) is 0 Å². The summed E-state index contributed by atoms with van der Waals surface area (Å²) in [7, 11) is 0. The van der Waals surface area contributed by atoms with Crippen LogP contribution >= 0.6 is 0 Å². The van der Waals surface area contributed by atoms with E-state index in [-0.39, 0.29) is 0 Å². The van der Waals surface area contributed by atoms with Crippen molar-refractivity contribution in [1.29, 1.82) is 0 Å². The maximum absolute atomic E-state index is 5.53. The molecule has 2 aliphatic rings. The molecule has 1 saturated carbocycles. The van der Waals surface area contributed by atoms with Crippen molar-refractivity contribution in [2.75, 3.05) is 19.7 Å². The van der Waals surface area contributed by atoms with Crippen LogP contribution in [0.5, 0.6) is 0 Å². The average Bonchev–Trinajstić information content (AvgIpc) is 2.56. The molecule has 2 rings (SSSR count). The van der Waals surface area contributed by atoms with E-state index in [9.17, 15) is 0 Å². The molecule has 0 N–H and O–H groups in total. The van der Waals surface area contributed by atoms with E-state index in [0.717, 1.165) is 25.7 Å². The number of ether oxygens (including phenoxy) is 1. The van der Waals surface area contributed by atoms with Gasteiger partial charge in [0.2, 0.25) is 0 Å². The van der Waals surface area contributed by atoms with Gasteiger partial charge in [0.1, 0.15) is 0 Å². The Morgan fingerprint density at radius 1 is 1.25 bits per heavy atom. The van der Waals surface area contributed by atoms with Crippen molar-refractivity contribution in [1.82, 2.24) is 4.90 Å². The van der Waals surface area contributed by atoms with Crippen LogP contribution in [0.2, 0.25) is 0 Å². The van der Waals surface area contributed by atoms with Crippen molar-refractivity contribution in [3.63, 3.8) is 0 Å². The van der Waals surface area contributed by atoms with Crippen LogP contribution in [0.1, 0.15) is 32.6 Å². The van der Waals surface area contributed by atoms with Gasteiger partial charge >= 0.3 is 0 Å². The average molecular weight is 169 g/mol. The molecule has 2 nitrogen and oxygen atoms in total. The summed E-state index contributed by atoms with van der Waals surface area (Å²) in [6.45, 7) is 5.44. The van der Waals surface area contributed by atoms with E-state index in [1.807, 2.05) is 0 Å². The highest BCUT2D eigenvalue weighted by Crippen LogP contribution is 2.24. The topological polar surface area (TPSA) is 12.5 Å². The SMILES string of the molecule is C[C@@H]1CN(C2CCCC2)CCO1. The van der Waals surface area contributed by atoms with E-state index in [4.69, 9.17) is 4.74 Å². The van der Waals surface area contributed by atoms with Gasteiger partial charge in [0.05, 0.1) is 12.7 Å². The Morgan fingerprint density at radius 2 is 2.00 bits per heavy atom. The molecule has 0 aromatic carbocycles. The van der Waals surface area contributed by atoms with Crippen molar-refractivity contribution in [2.45, 2.75) is 44.8 Å². The van der Waals surface area contributed by atoms with Crippen LogP contribution in [0.25, 0.3) is 0 Å². The molecule has 70 valence electrons. The molecule has 0 amide bonds. The predicted octanol–water partition coefficient (Wildman–Crippen LogP) is 1.65. The molecule has 1 aliphatic heterocycles. The second-order valence-electron chi connectivity index (χ2n) is 4.11. The molecule has 2 heteroatoms. The third-order valence-corrected chi connectivity index (χ3v) is 3.11. The molecular formula is C10H19NO. The maximum atomic E-state index is 5.53. The van der Waals surface area contributed by atoms with Crippen LogP contribution in [-0.2, 0) is 4.74 Å². The molecular weight excluding hydrogens is 150 g/mol. The van der Waals surface area contributed by atoms with Crippen LogP contribution in [0, 0.1) is 0 Å². The van der Waals surface area contributed by atoms with E-state index in [1.54, 1.807) is 0 Å². The minimum atomic E-state index is 0.458. The van der Waals surface area contributed by atoms with Gasteiger partial charge in [0, 0.05) is 19.1 Å². The van der Waals surface area contributed by atoms with Gasteiger partial charge in [-0.25, -0.2) is 0 Å². The largest absolute Gasteiger partial charge is 0.376 e. The standard InChI is InChI=1S/C10H19NO/c1-9-8-11(6-7-12-9)10-4-2-3-5-10/h9-10H,2-8H2,1H3/t9-/m1/s1. The fraction of sp³-hybridized carbons (Fsp3) is 1.00. The Balaban J connectivity index is 1.85. The van der Waals surface area contributed by atoms with Gasteiger partial charge in [-0.15, -0.1) is 0 Å². The number of rotatable bonds is 1. The second-order valence-corrected chi connectivity index (χ2v) is 4.11. The molecule has 0 aromatic heterocycles. The molecule has 0 radical (unpaired) electrons. The highest BCUT2D eigenvalue weighted by molar-refractivity contribution is 4.80. The summed E-state index contributed by atoms with van der Waals surface area (Å²) in [5, 5.41) is 0. The summed E-state index contributed by atoms with van der Waals surface area (Å²) in [4.78, 5) is 2.63. The number of hydrogen-bond acceptors (Lipinski definition) is 2. The van der Waals surface area contributed by atoms with E-state index in [0.29, 0.717) is 6.10 Å². The summed E-state index contributed by atoms with van der Waals surface area (Å²) < 4.78 is 5.53. The van der Waals surface area contributed by atoms with Crippen molar-refractivity contribution in [2.24, 2.45) is 0 Å². The predicted molar refractivity (Wildman–Crippen MR) is 49.2 cm³/mol. The summed E-state index contributed by atoms with van der Waals surface area (Å²) in [5.41, 5.74) is 0. The summed E-state index contributed by atoms with van der Waals surface area (Å²) in [6.07, 6.45) is 6.19. The smallest absolute Gasteiger partial charge is 0.0674 e. The van der Waals surface area contributed by atoms with Crippen LogP contribution in [-0.4, -0.2) is 36.7 Å². The molecule has 0 aromatic rings. The lowest BCUT2D eigenvalue weighted by atomic mass is 10.2. The normalized spacial score (nSPS) is 34.2. The van der Waals surface area contributed by atoms with Crippen LogP contribution in [0.3, 0.4) is 0 Å². The third kappa shape index (κ3) is 1.80. The first-order valence-corrected chi connectivity index (χ1v) is 5.22. The Hall–Kier alpha value is -0.0800. The zero-order valence-corrected chi connectivity index (χ0v) is 7.96. The second kappa shape index (κ2) is 3.75. The van der Waals surface area contributed by atoms with E-state index < -0.39 is 0 Å². The molecule has 1 atom stereocenters. The quantitative estimate of drug-likeness (QED) is 0.592. The van der Waals surface area contributed by atoms with E-state index >= 15 is 0 Å². The van der Waals surface area contributed by atoms with Crippen molar-refractivity contribution in [3.05, 3.63) is 0 Å². The molecule has 0 unspecified atom stereocenters. The third-order valence-electron chi connectivity index (χ3n) is 3.11. The minimum absolute atomic E-state index is 0.458. The maximum Gasteiger partial charge on any atom is 0.0674 e. The van der Waals surface area contributed by atoms with E-state index in [2.05, 4.69) is 11.8 Å². The van der Waals surface area contributed by atoms with Crippen LogP contribution in [0.4, 0.5) is 0 Å². The fourth-order valence-electron chi connectivity index (χ4n) is 2.45. The monoisotopic (exact) mass is 169 g/mol. The summed E-state index contributed by atoms with van der Waals surface area (Å²) >= 11 is 0. The summed E-state index contributed by atoms with van der Waals surface area (Å²) in [6, 6.07) is 0.886.